The van der Waals surface area contributed by atoms with E-state index in [1.807, 2.05) is 43.1 Å². The molecule has 6 aromatic carbocycles. The van der Waals surface area contributed by atoms with Crippen LogP contribution in [0.4, 0.5) is 0 Å². The maximum Gasteiger partial charge on any atom is 0.137 e. The van der Waals surface area contributed by atoms with E-state index in [1.165, 1.54) is 0 Å². The van der Waals surface area contributed by atoms with E-state index >= 15 is 0 Å². The Morgan fingerprint density at radius 1 is 0.351 bits per heavy atom. The lowest BCUT2D eigenvalue weighted by Crippen LogP contribution is -1.99. The highest BCUT2D eigenvalue weighted by atomic mass is 15.1. The minimum absolute atomic E-state index is 0.834. The van der Waals surface area contributed by atoms with Crippen molar-refractivity contribution in [1.29, 1.82) is 0 Å². The van der Waals surface area contributed by atoms with Crippen LogP contribution in [0.2, 0.25) is 0 Å². The summed E-state index contributed by atoms with van der Waals surface area (Å²) in [4.78, 5) is 24.6. The highest BCUT2D eigenvalue weighted by Gasteiger charge is 2.21. The summed E-state index contributed by atoms with van der Waals surface area (Å²) in [6.07, 6.45) is 9.46. The normalized spacial score (nSPS) is 11.9. The molecule has 0 bridgehead atoms. The fraction of sp³-hybridized carbons (Fsp3) is 0. The molecule has 0 spiro atoms. The van der Waals surface area contributed by atoms with Crippen molar-refractivity contribution in [2.75, 3.05) is 0 Å². The van der Waals surface area contributed by atoms with E-state index in [1.54, 1.807) is 0 Å². The van der Waals surface area contributed by atoms with E-state index in [0.717, 1.165) is 115 Å². The molecule has 0 saturated carbocycles. The average molecular weight is 727 g/mol. The molecular weight excluding hydrogens is 697 g/mol. The van der Waals surface area contributed by atoms with Crippen molar-refractivity contribution in [3.63, 3.8) is 0 Å². The molecule has 0 radical (unpaired) electrons. The van der Waals surface area contributed by atoms with Crippen LogP contribution in [0.5, 0.6) is 0 Å². The Labute approximate surface area is 326 Å². The number of benzene rings is 6. The van der Waals surface area contributed by atoms with E-state index in [9.17, 15) is 0 Å². The predicted molar refractivity (Wildman–Crippen MR) is 234 cm³/mol. The third-order valence-electron chi connectivity index (χ3n) is 11.4. The first-order chi connectivity index (χ1) is 28.3. The van der Waals surface area contributed by atoms with E-state index in [-0.39, 0.29) is 0 Å². The first kappa shape index (κ1) is 31.5. The molecule has 264 valence electrons. The molecule has 0 aliphatic carbocycles. The van der Waals surface area contributed by atoms with Crippen molar-refractivity contribution >= 4 is 75.9 Å². The number of rotatable bonds is 4. The van der Waals surface area contributed by atoms with Crippen LogP contribution >= 0.6 is 0 Å². The van der Waals surface area contributed by atoms with Crippen molar-refractivity contribution in [1.82, 2.24) is 29.5 Å². The zero-order valence-corrected chi connectivity index (χ0v) is 30.5. The van der Waals surface area contributed by atoms with Gasteiger partial charge in [0.1, 0.15) is 5.82 Å². The Morgan fingerprint density at radius 3 is 1.79 bits per heavy atom. The standard InChI is InChI=1S/C51H30N6/c1-3-12-36-31(9-1)21-25-54-47(36)34-17-19-45-42(28-34)44-29-43(49-37-13-4-2-10-32(37)22-26-55-49)38-14-5-6-15-40(38)51(44)57(45)46-20-18-35(30-56-46)41-27-33-11-7-23-52-48(33)50-39(41)16-8-24-53-50/h1-30H. The van der Waals surface area contributed by atoms with Gasteiger partial charge in [0, 0.05) is 85.4 Å². The summed E-state index contributed by atoms with van der Waals surface area (Å²) < 4.78 is 2.32. The van der Waals surface area contributed by atoms with Gasteiger partial charge in [0.2, 0.25) is 0 Å². The Hall–Kier alpha value is -7.83. The number of aromatic nitrogens is 6. The monoisotopic (exact) mass is 726 g/mol. The fourth-order valence-corrected chi connectivity index (χ4v) is 8.83. The molecule has 0 aliphatic heterocycles. The van der Waals surface area contributed by atoms with Gasteiger partial charge < -0.3 is 0 Å². The molecule has 0 N–H and O–H groups in total. The molecule has 6 heterocycles. The molecule has 6 nitrogen and oxygen atoms in total. The number of fused-ring (bicyclic) bond motifs is 10. The van der Waals surface area contributed by atoms with Crippen LogP contribution in [0.1, 0.15) is 0 Å². The molecule has 12 rings (SSSR count). The van der Waals surface area contributed by atoms with E-state index < -0.39 is 0 Å². The summed E-state index contributed by atoms with van der Waals surface area (Å²) in [6.45, 7) is 0. The number of hydrogen-bond donors (Lipinski definition) is 0. The minimum atomic E-state index is 0.834. The maximum atomic E-state index is 5.24. The lowest BCUT2D eigenvalue weighted by molar-refractivity contribution is 1.09. The third kappa shape index (κ3) is 4.81. The second-order valence-electron chi connectivity index (χ2n) is 14.5. The molecule has 0 unspecified atom stereocenters. The molecule has 0 aliphatic rings. The van der Waals surface area contributed by atoms with Gasteiger partial charge in [0.05, 0.1) is 33.5 Å². The average Bonchev–Trinajstić information content (AvgIpc) is 3.62. The lowest BCUT2D eigenvalue weighted by atomic mass is 9.95. The summed E-state index contributed by atoms with van der Waals surface area (Å²) in [5.74, 6) is 0.834. The van der Waals surface area contributed by atoms with E-state index in [4.69, 9.17) is 19.9 Å². The van der Waals surface area contributed by atoms with Gasteiger partial charge in [0.15, 0.2) is 0 Å². The van der Waals surface area contributed by atoms with Gasteiger partial charge in [-0.05, 0) is 82.4 Å². The van der Waals surface area contributed by atoms with Crippen LogP contribution in [0, 0.1) is 0 Å². The van der Waals surface area contributed by atoms with Gasteiger partial charge in [-0.3, -0.25) is 24.5 Å². The molecule has 0 saturated heterocycles. The van der Waals surface area contributed by atoms with Crippen molar-refractivity contribution in [2.45, 2.75) is 0 Å². The topological polar surface area (TPSA) is 69.4 Å². The van der Waals surface area contributed by atoms with E-state index in [0.29, 0.717) is 0 Å². The van der Waals surface area contributed by atoms with Gasteiger partial charge in [-0.1, -0.05) is 91.0 Å². The Morgan fingerprint density at radius 2 is 1.00 bits per heavy atom. The molecule has 57 heavy (non-hydrogen) atoms. The van der Waals surface area contributed by atoms with Gasteiger partial charge in [-0.25, -0.2) is 4.98 Å². The second kappa shape index (κ2) is 12.3. The van der Waals surface area contributed by atoms with Crippen molar-refractivity contribution in [3.8, 4) is 39.5 Å². The van der Waals surface area contributed by atoms with Crippen LogP contribution in [0.15, 0.2) is 183 Å². The second-order valence-corrected chi connectivity index (χ2v) is 14.5. The largest absolute Gasteiger partial charge is 0.293 e. The summed E-state index contributed by atoms with van der Waals surface area (Å²) in [5, 5.41) is 11.2. The van der Waals surface area contributed by atoms with Crippen LogP contribution in [0.25, 0.3) is 115 Å². The molecule has 12 aromatic rings. The third-order valence-corrected chi connectivity index (χ3v) is 11.4. The lowest BCUT2D eigenvalue weighted by Gasteiger charge is -2.14. The zero-order chi connectivity index (χ0) is 37.5. The van der Waals surface area contributed by atoms with Crippen LogP contribution < -0.4 is 0 Å². The smallest absolute Gasteiger partial charge is 0.137 e. The summed E-state index contributed by atoms with van der Waals surface area (Å²) in [6, 6.07) is 53.5. The van der Waals surface area contributed by atoms with E-state index in [2.05, 4.69) is 149 Å². The fourth-order valence-electron chi connectivity index (χ4n) is 8.83. The summed E-state index contributed by atoms with van der Waals surface area (Å²) >= 11 is 0. The molecule has 0 fully saturated rings. The number of hydrogen-bond acceptors (Lipinski definition) is 5. The first-order valence-electron chi connectivity index (χ1n) is 19.1. The van der Waals surface area contributed by atoms with Crippen LogP contribution in [-0.2, 0) is 0 Å². The molecule has 0 atom stereocenters. The number of pyridine rings is 5. The molecular formula is C51H30N6. The van der Waals surface area contributed by atoms with Gasteiger partial charge in [-0.2, -0.15) is 0 Å². The van der Waals surface area contributed by atoms with Crippen LogP contribution in [-0.4, -0.2) is 29.5 Å². The Kier molecular flexibility index (Phi) is 6.83. The van der Waals surface area contributed by atoms with Gasteiger partial charge in [-0.15, -0.1) is 0 Å². The Balaban J connectivity index is 1.14. The van der Waals surface area contributed by atoms with Crippen LogP contribution in [0.3, 0.4) is 0 Å². The van der Waals surface area contributed by atoms with Crippen molar-refractivity contribution < 1.29 is 0 Å². The molecule has 6 heteroatoms. The predicted octanol–water partition coefficient (Wildman–Crippen LogP) is 12.5. The maximum absolute atomic E-state index is 5.24. The summed E-state index contributed by atoms with van der Waals surface area (Å²) in [5.41, 5.74) is 10.1. The van der Waals surface area contributed by atoms with Crippen molar-refractivity contribution in [3.05, 3.63) is 183 Å². The Bertz CT molecular complexity index is 3580. The SMILES string of the molecule is c1ccc2c(-c3ccc4c(c3)c3cc(-c5nccc6ccccc56)c5ccccc5c3n4-c3ccc(-c4cc5cccnc5c5ncccc45)cn3)nccc2c1. The quantitative estimate of drug-likeness (QED) is 0.169. The highest BCUT2D eigenvalue weighted by molar-refractivity contribution is 6.23. The minimum Gasteiger partial charge on any atom is -0.293 e. The number of nitrogens with zero attached hydrogens (tertiary/aromatic N) is 6. The van der Waals surface area contributed by atoms with Gasteiger partial charge in [0.25, 0.3) is 0 Å². The van der Waals surface area contributed by atoms with Gasteiger partial charge >= 0.3 is 0 Å². The first-order valence-corrected chi connectivity index (χ1v) is 19.1. The molecule has 6 aromatic heterocycles. The highest BCUT2D eigenvalue weighted by Crippen LogP contribution is 2.43. The summed E-state index contributed by atoms with van der Waals surface area (Å²) in [7, 11) is 0. The van der Waals surface area contributed by atoms with Crippen molar-refractivity contribution in [2.24, 2.45) is 0 Å². The molecule has 0 amide bonds. The zero-order valence-electron chi connectivity index (χ0n) is 30.5.